The Hall–Kier alpha value is -1.02. The van der Waals surface area contributed by atoms with E-state index in [0.717, 1.165) is 18.9 Å². The average Bonchev–Trinajstić information content (AvgIpc) is 2.38. The molecule has 0 atom stereocenters. The summed E-state index contributed by atoms with van der Waals surface area (Å²) in [6.07, 6.45) is 3.72. The fourth-order valence-corrected chi connectivity index (χ4v) is 2.34. The van der Waals surface area contributed by atoms with Crippen molar-refractivity contribution < 1.29 is 0 Å². The minimum Gasteiger partial charge on any atom is -0.385 e. The molecule has 0 spiro atoms. The number of hydrogen-bond acceptors (Lipinski definition) is 2. The zero-order valence-electron chi connectivity index (χ0n) is 10.1. The lowest BCUT2D eigenvalue weighted by molar-refractivity contribution is 0.390. The molecule has 1 aromatic rings. The van der Waals surface area contributed by atoms with Crippen LogP contribution in [-0.2, 0) is 6.42 Å². The van der Waals surface area contributed by atoms with Gasteiger partial charge in [0.05, 0.1) is 0 Å². The van der Waals surface area contributed by atoms with Crippen LogP contribution >= 0.6 is 0 Å². The summed E-state index contributed by atoms with van der Waals surface area (Å²) in [5.74, 6) is 0.839. The van der Waals surface area contributed by atoms with Crippen molar-refractivity contribution in [1.82, 2.24) is 5.32 Å². The molecule has 16 heavy (non-hydrogen) atoms. The SMILES string of the molecule is CCc1ccccc1NCC1CCNCC1. The first kappa shape index (κ1) is 11.5. The second-order valence-corrected chi connectivity index (χ2v) is 4.58. The van der Waals surface area contributed by atoms with Crippen molar-refractivity contribution in [2.24, 2.45) is 5.92 Å². The number of para-hydroxylation sites is 1. The number of rotatable bonds is 4. The lowest BCUT2D eigenvalue weighted by atomic mass is 9.98. The van der Waals surface area contributed by atoms with Crippen LogP contribution in [-0.4, -0.2) is 19.6 Å². The fraction of sp³-hybridized carbons (Fsp3) is 0.571. The molecule has 1 heterocycles. The van der Waals surface area contributed by atoms with Crippen molar-refractivity contribution in [2.75, 3.05) is 25.0 Å². The largest absolute Gasteiger partial charge is 0.385 e. The van der Waals surface area contributed by atoms with Crippen molar-refractivity contribution in [1.29, 1.82) is 0 Å². The fourth-order valence-electron chi connectivity index (χ4n) is 2.34. The minimum absolute atomic E-state index is 0.839. The third kappa shape index (κ3) is 2.99. The van der Waals surface area contributed by atoms with Gasteiger partial charge in [-0.1, -0.05) is 25.1 Å². The summed E-state index contributed by atoms with van der Waals surface area (Å²) in [7, 11) is 0. The van der Waals surface area contributed by atoms with Crippen LogP contribution in [0.3, 0.4) is 0 Å². The highest BCUT2D eigenvalue weighted by Crippen LogP contribution is 2.18. The van der Waals surface area contributed by atoms with Gasteiger partial charge in [0, 0.05) is 12.2 Å². The maximum atomic E-state index is 3.61. The van der Waals surface area contributed by atoms with Crippen LogP contribution in [0.4, 0.5) is 5.69 Å². The van der Waals surface area contributed by atoms with E-state index in [-0.39, 0.29) is 0 Å². The summed E-state index contributed by atoms with van der Waals surface area (Å²) in [6, 6.07) is 8.64. The lowest BCUT2D eigenvalue weighted by Gasteiger charge is -2.23. The van der Waals surface area contributed by atoms with E-state index >= 15 is 0 Å². The molecule has 1 saturated heterocycles. The molecule has 2 nitrogen and oxygen atoms in total. The van der Waals surface area contributed by atoms with Gasteiger partial charge in [-0.15, -0.1) is 0 Å². The number of aryl methyl sites for hydroxylation is 1. The molecule has 2 rings (SSSR count). The third-order valence-electron chi connectivity index (χ3n) is 3.44. The van der Waals surface area contributed by atoms with Crippen molar-refractivity contribution in [3.63, 3.8) is 0 Å². The zero-order valence-corrected chi connectivity index (χ0v) is 10.1. The summed E-state index contributed by atoms with van der Waals surface area (Å²) in [5.41, 5.74) is 2.75. The van der Waals surface area contributed by atoms with Crippen LogP contribution in [0.1, 0.15) is 25.3 Å². The highest BCUT2D eigenvalue weighted by molar-refractivity contribution is 5.51. The molecule has 0 aliphatic carbocycles. The molecule has 2 heteroatoms. The molecule has 2 N–H and O–H groups in total. The van der Waals surface area contributed by atoms with Gasteiger partial charge in [0.15, 0.2) is 0 Å². The first-order valence-corrected chi connectivity index (χ1v) is 6.42. The molecule has 1 aliphatic heterocycles. The zero-order chi connectivity index (χ0) is 11.2. The Balaban J connectivity index is 1.88. The minimum atomic E-state index is 0.839. The van der Waals surface area contributed by atoms with E-state index in [0.29, 0.717) is 0 Å². The quantitative estimate of drug-likeness (QED) is 0.812. The van der Waals surface area contributed by atoms with Crippen molar-refractivity contribution in [3.05, 3.63) is 29.8 Å². The van der Waals surface area contributed by atoms with E-state index in [2.05, 4.69) is 41.8 Å². The topological polar surface area (TPSA) is 24.1 Å². The molecular formula is C14H22N2. The number of anilines is 1. The van der Waals surface area contributed by atoms with Crippen molar-refractivity contribution >= 4 is 5.69 Å². The average molecular weight is 218 g/mol. The highest BCUT2D eigenvalue weighted by atomic mass is 14.9. The van der Waals surface area contributed by atoms with Crippen LogP contribution < -0.4 is 10.6 Å². The van der Waals surface area contributed by atoms with Gasteiger partial charge in [-0.2, -0.15) is 0 Å². The Bertz CT molecular complexity index is 316. The van der Waals surface area contributed by atoms with Gasteiger partial charge in [-0.3, -0.25) is 0 Å². The number of hydrogen-bond donors (Lipinski definition) is 2. The summed E-state index contributed by atoms with van der Waals surface area (Å²) in [5, 5.41) is 7.01. The summed E-state index contributed by atoms with van der Waals surface area (Å²) in [4.78, 5) is 0. The van der Waals surface area contributed by atoms with Gasteiger partial charge in [0.1, 0.15) is 0 Å². The highest BCUT2D eigenvalue weighted by Gasteiger charge is 2.12. The standard InChI is InChI=1S/C14H22N2/c1-2-13-5-3-4-6-14(13)16-11-12-7-9-15-10-8-12/h3-6,12,15-16H,2,7-11H2,1H3. The predicted octanol–water partition coefficient (Wildman–Crippen LogP) is 2.66. The van der Waals surface area contributed by atoms with Crippen LogP contribution in [0.25, 0.3) is 0 Å². The van der Waals surface area contributed by atoms with Crippen molar-refractivity contribution in [2.45, 2.75) is 26.2 Å². The van der Waals surface area contributed by atoms with Gasteiger partial charge in [-0.25, -0.2) is 0 Å². The molecule has 0 aromatic heterocycles. The van der Waals surface area contributed by atoms with Crippen LogP contribution in [0.5, 0.6) is 0 Å². The molecule has 0 saturated carbocycles. The molecule has 0 amide bonds. The molecule has 1 fully saturated rings. The van der Waals surface area contributed by atoms with E-state index in [1.165, 1.54) is 37.2 Å². The van der Waals surface area contributed by atoms with Crippen LogP contribution in [0, 0.1) is 5.92 Å². The van der Waals surface area contributed by atoms with E-state index in [1.807, 2.05) is 0 Å². The van der Waals surface area contributed by atoms with Crippen LogP contribution in [0.15, 0.2) is 24.3 Å². The molecular weight excluding hydrogens is 196 g/mol. The Kier molecular flexibility index (Phi) is 4.23. The second-order valence-electron chi connectivity index (χ2n) is 4.58. The first-order chi connectivity index (χ1) is 7.90. The monoisotopic (exact) mass is 218 g/mol. The maximum Gasteiger partial charge on any atom is 0.0372 e. The molecule has 0 bridgehead atoms. The molecule has 1 aliphatic rings. The second kappa shape index (κ2) is 5.90. The van der Waals surface area contributed by atoms with Gasteiger partial charge in [0.25, 0.3) is 0 Å². The summed E-state index contributed by atoms with van der Waals surface area (Å²) < 4.78 is 0. The van der Waals surface area contributed by atoms with Gasteiger partial charge >= 0.3 is 0 Å². The molecule has 88 valence electrons. The summed E-state index contributed by atoms with van der Waals surface area (Å²) in [6.45, 7) is 5.70. The van der Waals surface area contributed by atoms with Gasteiger partial charge < -0.3 is 10.6 Å². The smallest absolute Gasteiger partial charge is 0.0372 e. The first-order valence-electron chi connectivity index (χ1n) is 6.42. The van der Waals surface area contributed by atoms with Crippen molar-refractivity contribution in [3.8, 4) is 0 Å². The van der Waals surface area contributed by atoms with Gasteiger partial charge in [0.2, 0.25) is 0 Å². The molecule has 0 unspecified atom stereocenters. The Morgan fingerprint density at radius 2 is 2.00 bits per heavy atom. The molecule has 0 radical (unpaired) electrons. The van der Waals surface area contributed by atoms with E-state index < -0.39 is 0 Å². The van der Waals surface area contributed by atoms with Crippen LogP contribution in [0.2, 0.25) is 0 Å². The Labute approximate surface area is 98.4 Å². The Morgan fingerprint density at radius 1 is 1.25 bits per heavy atom. The lowest BCUT2D eigenvalue weighted by Crippen LogP contribution is -2.31. The number of piperidine rings is 1. The number of nitrogens with one attached hydrogen (secondary N) is 2. The predicted molar refractivity (Wildman–Crippen MR) is 69.9 cm³/mol. The summed E-state index contributed by atoms with van der Waals surface area (Å²) >= 11 is 0. The third-order valence-corrected chi connectivity index (χ3v) is 3.44. The normalized spacial score (nSPS) is 17.3. The maximum absolute atomic E-state index is 3.61. The number of benzene rings is 1. The van der Waals surface area contributed by atoms with Gasteiger partial charge in [-0.05, 0) is 49.9 Å². The molecule has 1 aromatic carbocycles. The van der Waals surface area contributed by atoms with E-state index in [1.54, 1.807) is 0 Å². The van der Waals surface area contributed by atoms with E-state index in [9.17, 15) is 0 Å². The van der Waals surface area contributed by atoms with E-state index in [4.69, 9.17) is 0 Å². The Morgan fingerprint density at radius 3 is 2.75 bits per heavy atom.